The number of aliphatic hydroxyl groups is 1. The minimum absolute atomic E-state index is 0.00323. The predicted molar refractivity (Wildman–Crippen MR) is 78.2 cm³/mol. The fourth-order valence-corrected chi connectivity index (χ4v) is 2.67. The van der Waals surface area contributed by atoms with Gasteiger partial charge in [0.05, 0.1) is 6.61 Å². The van der Waals surface area contributed by atoms with Crippen molar-refractivity contribution in [1.82, 2.24) is 0 Å². The molecule has 19 heavy (non-hydrogen) atoms. The minimum atomic E-state index is -0.0727. The Labute approximate surface area is 116 Å². The second kappa shape index (κ2) is 6.50. The Kier molecular flexibility index (Phi) is 4.71. The van der Waals surface area contributed by atoms with Crippen LogP contribution in [0, 0.1) is 5.92 Å². The summed E-state index contributed by atoms with van der Waals surface area (Å²) in [5, 5.41) is 14.0. The second-order valence-electron chi connectivity index (χ2n) is 4.53. The quantitative estimate of drug-likeness (QED) is 0.881. The van der Waals surface area contributed by atoms with Crippen molar-refractivity contribution in [2.75, 3.05) is 5.32 Å². The summed E-state index contributed by atoms with van der Waals surface area (Å²) in [6.07, 6.45) is 0.753. The van der Waals surface area contributed by atoms with E-state index in [1.807, 2.05) is 42.6 Å². The lowest BCUT2D eigenvalue weighted by atomic mass is 10.1. The maximum atomic E-state index is 12.1. The van der Waals surface area contributed by atoms with E-state index in [0.717, 1.165) is 17.7 Å². The molecule has 0 aliphatic carbocycles. The number of hydrogen-bond donors (Lipinski definition) is 2. The fraction of sp³-hybridized carbons (Fsp3) is 0.267. The van der Waals surface area contributed by atoms with Crippen LogP contribution in [0.1, 0.15) is 17.4 Å². The minimum Gasteiger partial charge on any atom is -0.392 e. The largest absolute Gasteiger partial charge is 0.392 e. The molecule has 0 fully saturated rings. The summed E-state index contributed by atoms with van der Waals surface area (Å²) in [5.74, 6) is -0.0695. The number of carbonyl (C=O) groups is 1. The standard InChI is InChI=1S/C15H17NO2S/c1-11(8-14-6-3-7-19-14)15(18)16-13-5-2-4-12(9-13)10-17/h2-7,9,11,17H,8,10H2,1H3,(H,16,18). The van der Waals surface area contributed by atoms with Crippen LogP contribution in [0.25, 0.3) is 0 Å². The van der Waals surface area contributed by atoms with Crippen molar-refractivity contribution >= 4 is 22.9 Å². The molecule has 1 aromatic carbocycles. The second-order valence-corrected chi connectivity index (χ2v) is 5.56. The molecule has 0 spiro atoms. The molecule has 1 amide bonds. The molecule has 1 atom stereocenters. The summed E-state index contributed by atoms with van der Waals surface area (Å²) in [4.78, 5) is 13.3. The van der Waals surface area contributed by atoms with E-state index in [1.54, 1.807) is 17.4 Å². The molecule has 1 unspecified atom stereocenters. The number of amides is 1. The van der Waals surface area contributed by atoms with E-state index in [-0.39, 0.29) is 18.4 Å². The van der Waals surface area contributed by atoms with Crippen LogP contribution in [0.3, 0.4) is 0 Å². The number of rotatable bonds is 5. The normalized spacial score (nSPS) is 12.1. The van der Waals surface area contributed by atoms with Crippen LogP contribution in [0.15, 0.2) is 41.8 Å². The van der Waals surface area contributed by atoms with E-state index in [0.29, 0.717) is 0 Å². The molecule has 0 aliphatic heterocycles. The van der Waals surface area contributed by atoms with Crippen molar-refractivity contribution in [3.05, 3.63) is 52.2 Å². The highest BCUT2D eigenvalue weighted by atomic mass is 32.1. The number of aliphatic hydroxyl groups excluding tert-OH is 1. The zero-order valence-electron chi connectivity index (χ0n) is 10.8. The smallest absolute Gasteiger partial charge is 0.227 e. The summed E-state index contributed by atoms with van der Waals surface area (Å²) in [7, 11) is 0. The van der Waals surface area contributed by atoms with Crippen molar-refractivity contribution in [3.8, 4) is 0 Å². The lowest BCUT2D eigenvalue weighted by Gasteiger charge is -2.12. The first-order valence-electron chi connectivity index (χ1n) is 6.22. The van der Waals surface area contributed by atoms with Crippen LogP contribution in [0.2, 0.25) is 0 Å². The van der Waals surface area contributed by atoms with Gasteiger partial charge >= 0.3 is 0 Å². The molecule has 3 nitrogen and oxygen atoms in total. The van der Waals surface area contributed by atoms with Crippen LogP contribution in [-0.2, 0) is 17.8 Å². The summed E-state index contributed by atoms with van der Waals surface area (Å²) >= 11 is 1.67. The average Bonchev–Trinajstić information content (AvgIpc) is 2.91. The monoisotopic (exact) mass is 275 g/mol. The molecule has 0 saturated carbocycles. The molecular weight excluding hydrogens is 258 g/mol. The van der Waals surface area contributed by atoms with Crippen molar-refractivity contribution < 1.29 is 9.90 Å². The Balaban J connectivity index is 1.96. The van der Waals surface area contributed by atoms with E-state index in [9.17, 15) is 4.79 Å². The highest BCUT2D eigenvalue weighted by Crippen LogP contribution is 2.17. The maximum Gasteiger partial charge on any atom is 0.227 e. The van der Waals surface area contributed by atoms with Crippen molar-refractivity contribution in [1.29, 1.82) is 0 Å². The van der Waals surface area contributed by atoms with Gasteiger partial charge in [-0.1, -0.05) is 25.1 Å². The van der Waals surface area contributed by atoms with Crippen molar-refractivity contribution in [2.45, 2.75) is 20.0 Å². The Bertz CT molecular complexity index is 537. The van der Waals surface area contributed by atoms with Crippen LogP contribution in [0.4, 0.5) is 5.69 Å². The molecule has 100 valence electrons. The van der Waals surface area contributed by atoms with E-state index < -0.39 is 0 Å². The molecule has 0 saturated heterocycles. The maximum absolute atomic E-state index is 12.1. The van der Waals surface area contributed by atoms with Gasteiger partial charge in [0.25, 0.3) is 0 Å². The fourth-order valence-electron chi connectivity index (χ4n) is 1.84. The Morgan fingerprint density at radius 1 is 1.37 bits per heavy atom. The van der Waals surface area contributed by atoms with Gasteiger partial charge in [-0.15, -0.1) is 11.3 Å². The highest BCUT2D eigenvalue weighted by molar-refractivity contribution is 7.09. The molecule has 2 rings (SSSR count). The highest BCUT2D eigenvalue weighted by Gasteiger charge is 2.14. The third-order valence-corrected chi connectivity index (χ3v) is 3.81. The van der Waals surface area contributed by atoms with Gasteiger partial charge in [-0.25, -0.2) is 0 Å². The number of carbonyl (C=O) groups excluding carboxylic acids is 1. The van der Waals surface area contributed by atoms with E-state index >= 15 is 0 Å². The van der Waals surface area contributed by atoms with Crippen molar-refractivity contribution in [3.63, 3.8) is 0 Å². The summed E-state index contributed by atoms with van der Waals surface area (Å²) in [5.41, 5.74) is 1.53. The first kappa shape index (κ1) is 13.8. The number of nitrogens with one attached hydrogen (secondary N) is 1. The van der Waals surface area contributed by atoms with Crippen LogP contribution in [-0.4, -0.2) is 11.0 Å². The first-order chi connectivity index (χ1) is 9.19. The molecule has 1 heterocycles. The number of thiophene rings is 1. The van der Waals surface area contributed by atoms with E-state index in [1.165, 1.54) is 4.88 Å². The van der Waals surface area contributed by atoms with E-state index in [4.69, 9.17) is 5.11 Å². The molecule has 2 N–H and O–H groups in total. The Morgan fingerprint density at radius 2 is 2.21 bits per heavy atom. The Hall–Kier alpha value is -1.65. The third-order valence-electron chi connectivity index (χ3n) is 2.91. The SMILES string of the molecule is CC(Cc1cccs1)C(=O)Nc1cccc(CO)c1. The zero-order chi connectivity index (χ0) is 13.7. The molecule has 4 heteroatoms. The van der Waals surface area contributed by atoms with Crippen molar-refractivity contribution in [2.24, 2.45) is 5.92 Å². The van der Waals surface area contributed by atoms with Gasteiger partial charge in [0.1, 0.15) is 0 Å². The van der Waals surface area contributed by atoms with Crippen LogP contribution < -0.4 is 5.32 Å². The van der Waals surface area contributed by atoms with Gasteiger partial charge in [-0.2, -0.15) is 0 Å². The number of hydrogen-bond acceptors (Lipinski definition) is 3. The molecular formula is C15H17NO2S. The van der Waals surface area contributed by atoms with Gasteiger partial charge in [0, 0.05) is 16.5 Å². The summed E-state index contributed by atoms with van der Waals surface area (Å²) in [6, 6.07) is 11.3. The van der Waals surface area contributed by atoms with Gasteiger partial charge < -0.3 is 10.4 Å². The predicted octanol–water partition coefficient (Wildman–Crippen LogP) is 3.06. The molecule has 2 aromatic rings. The van der Waals surface area contributed by atoms with Gasteiger partial charge in [-0.3, -0.25) is 4.79 Å². The van der Waals surface area contributed by atoms with E-state index in [2.05, 4.69) is 5.32 Å². The van der Waals surface area contributed by atoms with Crippen LogP contribution >= 0.6 is 11.3 Å². The van der Waals surface area contributed by atoms with Gasteiger partial charge in [-0.05, 0) is 35.6 Å². The Morgan fingerprint density at radius 3 is 2.89 bits per heavy atom. The van der Waals surface area contributed by atoms with Crippen LogP contribution in [0.5, 0.6) is 0 Å². The molecule has 0 bridgehead atoms. The van der Waals surface area contributed by atoms with Gasteiger partial charge in [0.2, 0.25) is 5.91 Å². The third kappa shape index (κ3) is 3.91. The summed E-state index contributed by atoms with van der Waals surface area (Å²) in [6.45, 7) is 1.90. The first-order valence-corrected chi connectivity index (χ1v) is 7.10. The zero-order valence-corrected chi connectivity index (χ0v) is 11.6. The summed E-state index contributed by atoms with van der Waals surface area (Å²) < 4.78 is 0. The molecule has 0 radical (unpaired) electrons. The average molecular weight is 275 g/mol. The molecule has 1 aromatic heterocycles. The van der Waals surface area contributed by atoms with Gasteiger partial charge in [0.15, 0.2) is 0 Å². The lowest BCUT2D eigenvalue weighted by molar-refractivity contribution is -0.119. The number of anilines is 1. The topological polar surface area (TPSA) is 49.3 Å². The lowest BCUT2D eigenvalue weighted by Crippen LogP contribution is -2.21. The number of benzene rings is 1. The molecule has 0 aliphatic rings.